The van der Waals surface area contributed by atoms with Crippen molar-refractivity contribution in [2.24, 2.45) is 11.3 Å². The SMILES string of the molecule is CC(C)COC(=O)N(CC(=O)N1CC(C)(C)C[C@H]1C(=O)O)C1CCCCC1. The molecular weight excluding hydrogens is 348 g/mol. The van der Waals surface area contributed by atoms with E-state index < -0.39 is 18.1 Å². The lowest BCUT2D eigenvalue weighted by Crippen LogP contribution is -2.50. The van der Waals surface area contributed by atoms with Crippen molar-refractivity contribution in [2.45, 2.75) is 78.3 Å². The van der Waals surface area contributed by atoms with Crippen LogP contribution in [-0.4, -0.2) is 64.7 Å². The summed E-state index contributed by atoms with van der Waals surface area (Å²) in [7, 11) is 0. The summed E-state index contributed by atoms with van der Waals surface area (Å²) < 4.78 is 5.40. The van der Waals surface area contributed by atoms with Crippen LogP contribution in [0.15, 0.2) is 0 Å². The van der Waals surface area contributed by atoms with Gasteiger partial charge in [0, 0.05) is 12.6 Å². The highest BCUT2D eigenvalue weighted by atomic mass is 16.6. The van der Waals surface area contributed by atoms with E-state index in [1.165, 1.54) is 9.80 Å². The van der Waals surface area contributed by atoms with Crippen molar-refractivity contribution < 1.29 is 24.2 Å². The van der Waals surface area contributed by atoms with Crippen LogP contribution in [0.25, 0.3) is 0 Å². The van der Waals surface area contributed by atoms with E-state index in [2.05, 4.69) is 0 Å². The molecule has 0 radical (unpaired) electrons. The van der Waals surface area contributed by atoms with Gasteiger partial charge < -0.3 is 14.7 Å². The third kappa shape index (κ3) is 5.84. The van der Waals surface area contributed by atoms with Gasteiger partial charge in [0.25, 0.3) is 0 Å². The van der Waals surface area contributed by atoms with E-state index in [9.17, 15) is 19.5 Å². The topological polar surface area (TPSA) is 87.2 Å². The van der Waals surface area contributed by atoms with Gasteiger partial charge in [0.2, 0.25) is 5.91 Å². The first-order valence-corrected chi connectivity index (χ1v) is 10.1. The normalized spacial score (nSPS) is 22.7. The average Bonchev–Trinajstić information content (AvgIpc) is 2.94. The third-order valence-corrected chi connectivity index (χ3v) is 5.42. The standard InChI is InChI=1S/C20H34N2O5/c1-14(2)12-27-19(26)21(15-8-6-5-7-9-15)11-17(23)22-13-20(3,4)10-16(22)18(24)25/h14-16H,5-13H2,1-4H3,(H,24,25)/t16-/m0/s1. The quantitative estimate of drug-likeness (QED) is 0.763. The monoisotopic (exact) mass is 382 g/mol. The molecule has 1 N–H and O–H groups in total. The first-order valence-electron chi connectivity index (χ1n) is 10.1. The van der Waals surface area contributed by atoms with E-state index in [0.717, 1.165) is 32.1 Å². The minimum atomic E-state index is -0.986. The molecule has 0 aromatic rings. The summed E-state index contributed by atoms with van der Waals surface area (Å²) in [6.45, 7) is 8.45. The molecule has 1 saturated heterocycles. The second-order valence-corrected chi connectivity index (χ2v) is 9.13. The summed E-state index contributed by atoms with van der Waals surface area (Å²) in [4.78, 5) is 40.2. The van der Waals surface area contributed by atoms with E-state index in [1.54, 1.807) is 0 Å². The summed E-state index contributed by atoms with van der Waals surface area (Å²) in [5, 5.41) is 9.50. The Balaban J connectivity index is 2.11. The molecule has 1 atom stereocenters. The second kappa shape index (κ2) is 8.93. The van der Waals surface area contributed by atoms with Crippen molar-refractivity contribution in [3.05, 3.63) is 0 Å². The van der Waals surface area contributed by atoms with Crippen LogP contribution in [0, 0.1) is 11.3 Å². The van der Waals surface area contributed by atoms with Crippen LogP contribution in [-0.2, 0) is 14.3 Å². The van der Waals surface area contributed by atoms with Crippen molar-refractivity contribution in [2.75, 3.05) is 19.7 Å². The molecule has 2 fully saturated rings. The van der Waals surface area contributed by atoms with Crippen LogP contribution in [0.2, 0.25) is 0 Å². The lowest BCUT2D eigenvalue weighted by molar-refractivity contribution is -0.148. The lowest BCUT2D eigenvalue weighted by atomic mass is 9.91. The first-order chi connectivity index (χ1) is 12.6. The van der Waals surface area contributed by atoms with Crippen molar-refractivity contribution in [3.8, 4) is 0 Å². The fourth-order valence-electron chi connectivity index (χ4n) is 4.04. The van der Waals surface area contributed by atoms with Gasteiger partial charge in [0.15, 0.2) is 0 Å². The van der Waals surface area contributed by atoms with Gasteiger partial charge in [-0.3, -0.25) is 9.69 Å². The van der Waals surface area contributed by atoms with Gasteiger partial charge in [-0.15, -0.1) is 0 Å². The molecule has 1 aliphatic carbocycles. The van der Waals surface area contributed by atoms with E-state index in [4.69, 9.17) is 4.74 Å². The van der Waals surface area contributed by atoms with Crippen molar-refractivity contribution in [1.82, 2.24) is 9.80 Å². The maximum absolute atomic E-state index is 13.0. The number of ether oxygens (including phenoxy) is 1. The molecule has 7 nitrogen and oxygen atoms in total. The van der Waals surface area contributed by atoms with E-state index in [0.29, 0.717) is 19.6 Å². The Bertz CT molecular complexity index is 555. The first kappa shape index (κ1) is 21.5. The number of carboxylic acids is 1. The molecule has 1 heterocycles. The maximum Gasteiger partial charge on any atom is 0.410 e. The van der Waals surface area contributed by atoms with E-state index in [-0.39, 0.29) is 29.8 Å². The number of likely N-dealkylation sites (tertiary alicyclic amines) is 1. The Morgan fingerprint density at radius 1 is 1.19 bits per heavy atom. The van der Waals surface area contributed by atoms with Gasteiger partial charge in [-0.05, 0) is 30.6 Å². The fraction of sp³-hybridized carbons (Fsp3) is 0.850. The van der Waals surface area contributed by atoms with Crippen LogP contribution in [0.1, 0.15) is 66.2 Å². The predicted octanol–water partition coefficient (Wildman–Crippen LogP) is 3.13. The average molecular weight is 383 g/mol. The summed E-state index contributed by atoms with van der Waals surface area (Å²) in [5.41, 5.74) is -0.244. The number of hydrogen-bond donors (Lipinski definition) is 1. The largest absolute Gasteiger partial charge is 0.480 e. The van der Waals surface area contributed by atoms with Gasteiger partial charge in [0.05, 0.1) is 6.61 Å². The Hall–Kier alpha value is -1.79. The number of aliphatic carboxylic acids is 1. The highest BCUT2D eigenvalue weighted by Crippen LogP contribution is 2.34. The number of nitrogens with zero attached hydrogens (tertiary/aromatic N) is 2. The van der Waals surface area contributed by atoms with Crippen LogP contribution in [0.3, 0.4) is 0 Å². The molecule has 1 aliphatic heterocycles. The van der Waals surface area contributed by atoms with E-state index >= 15 is 0 Å². The second-order valence-electron chi connectivity index (χ2n) is 9.13. The molecule has 1 saturated carbocycles. The minimum Gasteiger partial charge on any atom is -0.480 e. The third-order valence-electron chi connectivity index (χ3n) is 5.42. The van der Waals surface area contributed by atoms with Crippen LogP contribution < -0.4 is 0 Å². The Morgan fingerprint density at radius 3 is 2.37 bits per heavy atom. The molecule has 0 spiro atoms. The number of carbonyl (C=O) groups is 3. The Morgan fingerprint density at radius 2 is 1.81 bits per heavy atom. The molecule has 27 heavy (non-hydrogen) atoms. The van der Waals surface area contributed by atoms with Crippen molar-refractivity contribution in [1.29, 1.82) is 0 Å². The molecule has 2 amide bonds. The number of rotatable bonds is 6. The summed E-state index contributed by atoms with van der Waals surface area (Å²) >= 11 is 0. The predicted molar refractivity (Wildman–Crippen MR) is 101 cm³/mol. The Labute approximate surface area is 162 Å². The summed E-state index contributed by atoms with van der Waals surface area (Å²) in [5.74, 6) is -1.07. The molecule has 0 bridgehead atoms. The van der Waals surface area contributed by atoms with Gasteiger partial charge >= 0.3 is 12.1 Å². The van der Waals surface area contributed by atoms with Gasteiger partial charge in [-0.1, -0.05) is 47.0 Å². The smallest absolute Gasteiger partial charge is 0.410 e. The van der Waals surface area contributed by atoms with E-state index in [1.807, 2.05) is 27.7 Å². The molecule has 154 valence electrons. The zero-order valence-electron chi connectivity index (χ0n) is 17.1. The summed E-state index contributed by atoms with van der Waals surface area (Å²) in [6.07, 6.45) is 4.88. The molecule has 7 heteroatoms. The Kier molecular flexibility index (Phi) is 7.12. The maximum atomic E-state index is 13.0. The molecule has 0 unspecified atom stereocenters. The molecule has 0 aromatic carbocycles. The zero-order valence-corrected chi connectivity index (χ0v) is 17.1. The number of hydrogen-bond acceptors (Lipinski definition) is 4. The molecule has 0 aromatic heterocycles. The number of carbonyl (C=O) groups excluding carboxylic acids is 2. The van der Waals surface area contributed by atoms with Crippen LogP contribution in [0.5, 0.6) is 0 Å². The van der Waals surface area contributed by atoms with Crippen LogP contribution in [0.4, 0.5) is 4.79 Å². The molecule has 2 rings (SSSR count). The zero-order chi connectivity index (χ0) is 20.2. The fourth-order valence-corrected chi connectivity index (χ4v) is 4.04. The van der Waals surface area contributed by atoms with Crippen LogP contribution >= 0.6 is 0 Å². The summed E-state index contributed by atoms with van der Waals surface area (Å²) in [6, 6.07) is -0.839. The molecule has 2 aliphatic rings. The minimum absolute atomic E-state index is 0.0127. The van der Waals surface area contributed by atoms with Gasteiger partial charge in [-0.25, -0.2) is 9.59 Å². The highest BCUT2D eigenvalue weighted by molar-refractivity contribution is 5.87. The molecular formula is C20H34N2O5. The van der Waals surface area contributed by atoms with Crippen molar-refractivity contribution in [3.63, 3.8) is 0 Å². The lowest BCUT2D eigenvalue weighted by Gasteiger charge is -2.35. The highest BCUT2D eigenvalue weighted by Gasteiger charge is 2.44. The van der Waals surface area contributed by atoms with Crippen molar-refractivity contribution >= 4 is 18.0 Å². The van der Waals surface area contributed by atoms with Gasteiger partial charge in [-0.2, -0.15) is 0 Å². The number of carboxylic acid groups (broad SMARTS) is 1. The number of amides is 2. The van der Waals surface area contributed by atoms with Gasteiger partial charge in [0.1, 0.15) is 12.6 Å².